The van der Waals surface area contributed by atoms with Crippen molar-refractivity contribution in [2.45, 2.75) is 50.3 Å². The monoisotopic (exact) mass is 324 g/mol. The Morgan fingerprint density at radius 1 is 1.00 bits per heavy atom. The van der Waals surface area contributed by atoms with Crippen molar-refractivity contribution in [3.05, 3.63) is 48.0 Å². The van der Waals surface area contributed by atoms with Gasteiger partial charge in [-0.3, -0.25) is 0 Å². The van der Waals surface area contributed by atoms with E-state index in [2.05, 4.69) is 40.5 Å². The normalized spacial score (nSPS) is 21.7. The van der Waals surface area contributed by atoms with Gasteiger partial charge in [-0.25, -0.2) is 0 Å². The molecule has 3 nitrogen and oxygen atoms in total. The summed E-state index contributed by atoms with van der Waals surface area (Å²) >= 11 is 0. The molecule has 1 heterocycles. The van der Waals surface area contributed by atoms with Crippen molar-refractivity contribution in [2.75, 3.05) is 19.6 Å². The number of hydrogen-bond acceptors (Lipinski definition) is 3. The van der Waals surface area contributed by atoms with Gasteiger partial charge in [-0.15, -0.1) is 0 Å². The van der Waals surface area contributed by atoms with Crippen LogP contribution in [0.2, 0.25) is 0 Å². The van der Waals surface area contributed by atoms with E-state index in [0.717, 1.165) is 11.6 Å². The van der Waals surface area contributed by atoms with Crippen LogP contribution in [0, 0.1) is 0 Å². The molecule has 1 saturated carbocycles. The quantitative estimate of drug-likeness (QED) is 0.884. The Labute approximate surface area is 144 Å². The predicted molar refractivity (Wildman–Crippen MR) is 99.1 cm³/mol. The molecule has 2 aromatic rings. The molecule has 2 aromatic carbocycles. The second-order valence-electron chi connectivity index (χ2n) is 7.43. The van der Waals surface area contributed by atoms with Crippen LogP contribution in [0.5, 0.6) is 0 Å². The summed E-state index contributed by atoms with van der Waals surface area (Å²) < 4.78 is 0. The molecule has 3 heteroatoms. The maximum Gasteiger partial charge on any atom is 0.0914 e. The first kappa shape index (κ1) is 16.1. The Bertz CT molecular complexity index is 674. The molecule has 2 aliphatic rings. The van der Waals surface area contributed by atoms with Crippen molar-refractivity contribution in [2.24, 2.45) is 0 Å². The summed E-state index contributed by atoms with van der Waals surface area (Å²) in [5, 5.41) is 16.5. The number of nitrogens with zero attached hydrogens (tertiary/aromatic N) is 1. The first-order chi connectivity index (χ1) is 11.8. The average molecular weight is 324 g/mol. The number of nitrogens with one attached hydrogen (secondary N) is 1. The predicted octanol–water partition coefficient (Wildman–Crippen LogP) is 3.48. The van der Waals surface area contributed by atoms with E-state index in [1.807, 2.05) is 12.1 Å². The number of likely N-dealkylation sites (tertiary alicyclic amines) is 1. The van der Waals surface area contributed by atoms with E-state index < -0.39 is 6.10 Å². The molecule has 0 amide bonds. The molecule has 1 aliphatic heterocycles. The average Bonchev–Trinajstić information content (AvgIpc) is 2.59. The summed E-state index contributed by atoms with van der Waals surface area (Å²) in [6.07, 6.45) is 6.21. The van der Waals surface area contributed by atoms with Gasteiger partial charge in [0.25, 0.3) is 0 Å². The van der Waals surface area contributed by atoms with E-state index in [-0.39, 0.29) is 0 Å². The van der Waals surface area contributed by atoms with Crippen molar-refractivity contribution in [3.63, 3.8) is 0 Å². The number of piperidine rings is 1. The van der Waals surface area contributed by atoms with Gasteiger partial charge in [0, 0.05) is 18.6 Å². The van der Waals surface area contributed by atoms with Crippen molar-refractivity contribution in [1.82, 2.24) is 10.2 Å². The molecular formula is C21H28N2O. The lowest BCUT2D eigenvalue weighted by atomic mass is 9.89. The van der Waals surface area contributed by atoms with Gasteiger partial charge in [0.1, 0.15) is 0 Å². The van der Waals surface area contributed by atoms with E-state index in [4.69, 9.17) is 0 Å². The third kappa shape index (κ3) is 3.49. The molecule has 0 radical (unpaired) electrons. The van der Waals surface area contributed by atoms with Crippen LogP contribution >= 0.6 is 0 Å². The highest BCUT2D eigenvalue weighted by molar-refractivity contribution is 5.83. The first-order valence-electron chi connectivity index (χ1n) is 9.44. The molecule has 24 heavy (non-hydrogen) atoms. The molecule has 2 N–H and O–H groups in total. The van der Waals surface area contributed by atoms with Crippen LogP contribution in [0.1, 0.15) is 43.8 Å². The zero-order valence-electron chi connectivity index (χ0n) is 14.3. The Kier molecular flexibility index (Phi) is 4.83. The van der Waals surface area contributed by atoms with E-state index in [1.54, 1.807) is 0 Å². The first-order valence-corrected chi connectivity index (χ1v) is 9.44. The second kappa shape index (κ2) is 7.22. The van der Waals surface area contributed by atoms with Crippen molar-refractivity contribution < 1.29 is 5.11 Å². The maximum atomic E-state index is 10.5. The largest absolute Gasteiger partial charge is 0.387 e. The van der Waals surface area contributed by atoms with Gasteiger partial charge in [-0.1, -0.05) is 42.8 Å². The highest BCUT2D eigenvalue weighted by Gasteiger charge is 2.28. The molecule has 2 fully saturated rings. The minimum atomic E-state index is -0.431. The molecule has 0 spiro atoms. The standard InChI is InChI=1S/C21H28N2O/c24-21(18-9-8-16-4-1-2-5-17(16)14-18)15-22-19-10-12-23(13-11-19)20-6-3-7-20/h1-2,4-5,8-9,14,19-22,24H,3,6-7,10-13,15H2. The van der Waals surface area contributed by atoms with Crippen LogP contribution in [-0.4, -0.2) is 41.7 Å². The Morgan fingerprint density at radius 2 is 1.75 bits per heavy atom. The fourth-order valence-corrected chi connectivity index (χ4v) is 4.03. The number of aliphatic hydroxyl groups is 1. The Balaban J connectivity index is 1.29. The highest BCUT2D eigenvalue weighted by atomic mass is 16.3. The molecule has 0 bridgehead atoms. The Hall–Kier alpha value is -1.42. The number of aliphatic hydroxyl groups excluding tert-OH is 1. The van der Waals surface area contributed by atoms with Gasteiger partial charge >= 0.3 is 0 Å². The van der Waals surface area contributed by atoms with Gasteiger partial charge < -0.3 is 15.3 Å². The van der Waals surface area contributed by atoms with Gasteiger partial charge in [-0.05, 0) is 61.2 Å². The van der Waals surface area contributed by atoms with E-state index in [1.165, 1.54) is 56.0 Å². The van der Waals surface area contributed by atoms with Crippen molar-refractivity contribution in [3.8, 4) is 0 Å². The topological polar surface area (TPSA) is 35.5 Å². The number of fused-ring (bicyclic) bond motifs is 1. The zero-order valence-corrected chi connectivity index (χ0v) is 14.3. The third-order valence-corrected chi connectivity index (χ3v) is 5.88. The van der Waals surface area contributed by atoms with Gasteiger partial charge in [0.15, 0.2) is 0 Å². The van der Waals surface area contributed by atoms with Crippen LogP contribution in [-0.2, 0) is 0 Å². The van der Waals surface area contributed by atoms with E-state index in [0.29, 0.717) is 12.6 Å². The lowest BCUT2D eigenvalue weighted by molar-refractivity contribution is 0.0877. The van der Waals surface area contributed by atoms with Crippen molar-refractivity contribution in [1.29, 1.82) is 0 Å². The molecule has 0 aromatic heterocycles. The summed E-state index contributed by atoms with van der Waals surface area (Å²) in [6.45, 7) is 3.08. The van der Waals surface area contributed by atoms with Crippen LogP contribution in [0.25, 0.3) is 10.8 Å². The molecule has 128 valence electrons. The lowest BCUT2D eigenvalue weighted by Gasteiger charge is -2.42. The number of hydrogen-bond donors (Lipinski definition) is 2. The van der Waals surface area contributed by atoms with Gasteiger partial charge in [0.2, 0.25) is 0 Å². The SMILES string of the molecule is OC(CNC1CCN(C2CCC2)CC1)c1ccc2ccccc2c1. The summed E-state index contributed by atoms with van der Waals surface area (Å²) in [4.78, 5) is 2.67. The fourth-order valence-electron chi connectivity index (χ4n) is 4.03. The van der Waals surface area contributed by atoms with Gasteiger partial charge in [0.05, 0.1) is 6.10 Å². The fraction of sp³-hybridized carbons (Fsp3) is 0.524. The molecular weight excluding hydrogens is 296 g/mol. The smallest absolute Gasteiger partial charge is 0.0914 e. The zero-order chi connectivity index (χ0) is 16.4. The minimum Gasteiger partial charge on any atom is -0.387 e. The second-order valence-corrected chi connectivity index (χ2v) is 7.43. The number of benzene rings is 2. The lowest BCUT2D eigenvalue weighted by Crippen LogP contribution is -2.49. The molecule has 1 unspecified atom stereocenters. The number of rotatable bonds is 5. The van der Waals surface area contributed by atoms with E-state index >= 15 is 0 Å². The molecule has 1 atom stereocenters. The van der Waals surface area contributed by atoms with Crippen LogP contribution in [0.4, 0.5) is 0 Å². The molecule has 1 saturated heterocycles. The van der Waals surface area contributed by atoms with E-state index in [9.17, 15) is 5.11 Å². The summed E-state index contributed by atoms with van der Waals surface area (Å²) in [5.74, 6) is 0. The van der Waals surface area contributed by atoms with Crippen LogP contribution < -0.4 is 5.32 Å². The Morgan fingerprint density at radius 3 is 2.46 bits per heavy atom. The minimum absolute atomic E-state index is 0.431. The van der Waals surface area contributed by atoms with Crippen LogP contribution in [0.3, 0.4) is 0 Å². The summed E-state index contributed by atoms with van der Waals surface area (Å²) in [5.41, 5.74) is 1.01. The third-order valence-electron chi connectivity index (χ3n) is 5.88. The van der Waals surface area contributed by atoms with Crippen LogP contribution in [0.15, 0.2) is 42.5 Å². The van der Waals surface area contributed by atoms with Gasteiger partial charge in [-0.2, -0.15) is 0 Å². The summed E-state index contributed by atoms with van der Waals surface area (Å²) in [6, 6.07) is 16.0. The highest BCUT2D eigenvalue weighted by Crippen LogP contribution is 2.27. The molecule has 4 rings (SSSR count). The summed E-state index contributed by atoms with van der Waals surface area (Å²) in [7, 11) is 0. The maximum absolute atomic E-state index is 10.5. The van der Waals surface area contributed by atoms with Crippen molar-refractivity contribution >= 4 is 10.8 Å². The molecule has 1 aliphatic carbocycles.